The molecule has 0 spiro atoms. The summed E-state index contributed by atoms with van der Waals surface area (Å²) in [7, 11) is -2.25. The Morgan fingerprint density at radius 3 is 2.86 bits per heavy atom. The van der Waals surface area contributed by atoms with Gasteiger partial charge in [0.15, 0.2) is 0 Å². The number of benzene rings is 1. The minimum absolute atomic E-state index is 0.0821. The maximum absolute atomic E-state index is 13.5. The van der Waals surface area contributed by atoms with Crippen LogP contribution in [0, 0.1) is 17.1 Å². The van der Waals surface area contributed by atoms with Gasteiger partial charge in [-0.3, -0.25) is 0 Å². The number of nitrogens with zero attached hydrogens (tertiary/aromatic N) is 3. The lowest BCUT2D eigenvalue weighted by Gasteiger charge is -2.33. The van der Waals surface area contributed by atoms with Crippen LogP contribution in [0.4, 0.5) is 4.39 Å². The number of nitriles is 1. The van der Waals surface area contributed by atoms with Crippen molar-refractivity contribution >= 4 is 21.8 Å². The summed E-state index contributed by atoms with van der Waals surface area (Å²) in [6, 6.07) is 4.10. The van der Waals surface area contributed by atoms with Crippen LogP contribution in [0.2, 0.25) is 5.02 Å². The van der Waals surface area contributed by atoms with Crippen molar-refractivity contribution in [2.24, 2.45) is 0 Å². The molecule has 5 nitrogen and oxygen atoms in total. The molecule has 0 saturated heterocycles. The summed E-state index contributed by atoms with van der Waals surface area (Å²) < 4.78 is 41.1. The van der Waals surface area contributed by atoms with Gasteiger partial charge in [-0.05, 0) is 36.6 Å². The molecule has 1 aromatic rings. The molecule has 1 aliphatic heterocycles. The van der Waals surface area contributed by atoms with E-state index >= 15 is 0 Å². The lowest BCUT2D eigenvalue weighted by molar-refractivity contribution is 0.316. The SMILES string of the molecule is CC(CC#N)N(C)S(=O)(=O)N1CCc2c(Cl)cc(F)cc2C1. The lowest BCUT2D eigenvalue weighted by Crippen LogP contribution is -2.47. The number of fused-ring (bicyclic) bond motifs is 1. The van der Waals surface area contributed by atoms with Gasteiger partial charge in [-0.2, -0.15) is 22.3 Å². The third kappa shape index (κ3) is 3.25. The summed E-state index contributed by atoms with van der Waals surface area (Å²) >= 11 is 6.01. The minimum atomic E-state index is -3.70. The van der Waals surface area contributed by atoms with Crippen LogP contribution in [0.25, 0.3) is 0 Å². The molecule has 0 saturated carbocycles. The zero-order valence-corrected chi connectivity index (χ0v) is 14.0. The molecular formula is C14H17ClFN3O2S. The normalized spacial score (nSPS) is 17.1. The predicted molar refractivity (Wildman–Crippen MR) is 81.9 cm³/mol. The Morgan fingerprint density at radius 2 is 2.23 bits per heavy atom. The van der Waals surface area contributed by atoms with Gasteiger partial charge >= 0.3 is 0 Å². The second-order valence-electron chi connectivity index (χ2n) is 5.34. The molecular weight excluding hydrogens is 329 g/mol. The molecule has 0 aromatic heterocycles. The van der Waals surface area contributed by atoms with Crippen molar-refractivity contribution in [1.29, 1.82) is 5.26 Å². The average Bonchev–Trinajstić information content (AvgIpc) is 2.45. The standard InChI is InChI=1S/C14H17ClFN3O2S/c1-10(3-5-17)18(2)22(20,21)19-6-4-13-11(9-19)7-12(16)8-14(13)15/h7-8,10H,3-4,6,9H2,1-2H3. The highest BCUT2D eigenvalue weighted by molar-refractivity contribution is 7.86. The van der Waals surface area contributed by atoms with Crippen LogP contribution in [0.3, 0.4) is 0 Å². The van der Waals surface area contributed by atoms with Gasteiger partial charge in [0.1, 0.15) is 5.82 Å². The summed E-state index contributed by atoms with van der Waals surface area (Å²) in [5.41, 5.74) is 1.38. The van der Waals surface area contributed by atoms with Crippen molar-refractivity contribution in [2.75, 3.05) is 13.6 Å². The van der Waals surface area contributed by atoms with E-state index in [0.717, 1.165) is 5.56 Å². The number of hydrogen-bond acceptors (Lipinski definition) is 3. The van der Waals surface area contributed by atoms with Crippen LogP contribution >= 0.6 is 11.6 Å². The first-order valence-corrected chi connectivity index (χ1v) is 8.61. The molecule has 120 valence electrons. The van der Waals surface area contributed by atoms with Crippen molar-refractivity contribution in [2.45, 2.75) is 32.4 Å². The maximum atomic E-state index is 13.5. The topological polar surface area (TPSA) is 64.4 Å². The molecule has 0 aliphatic carbocycles. The average molecular weight is 346 g/mol. The first-order valence-electron chi connectivity index (χ1n) is 6.84. The monoisotopic (exact) mass is 345 g/mol. The van der Waals surface area contributed by atoms with E-state index in [1.807, 2.05) is 6.07 Å². The molecule has 0 N–H and O–H groups in total. The van der Waals surface area contributed by atoms with Crippen molar-refractivity contribution < 1.29 is 12.8 Å². The summed E-state index contributed by atoms with van der Waals surface area (Å²) in [6.45, 7) is 2.04. The maximum Gasteiger partial charge on any atom is 0.282 e. The Bertz CT molecular complexity index is 718. The molecule has 1 aromatic carbocycles. The van der Waals surface area contributed by atoms with Gasteiger partial charge in [0.2, 0.25) is 0 Å². The molecule has 0 radical (unpaired) electrons. The highest BCUT2D eigenvalue weighted by Gasteiger charge is 2.33. The van der Waals surface area contributed by atoms with E-state index in [9.17, 15) is 12.8 Å². The van der Waals surface area contributed by atoms with Gasteiger partial charge in [0.05, 0.1) is 12.5 Å². The van der Waals surface area contributed by atoms with Gasteiger partial charge in [0.25, 0.3) is 10.2 Å². The highest BCUT2D eigenvalue weighted by Crippen LogP contribution is 2.29. The molecule has 8 heteroatoms. The van der Waals surface area contributed by atoms with E-state index in [2.05, 4.69) is 0 Å². The molecule has 0 amide bonds. The first-order chi connectivity index (χ1) is 10.3. The molecule has 1 unspecified atom stereocenters. The van der Waals surface area contributed by atoms with Crippen molar-refractivity contribution in [3.05, 3.63) is 34.1 Å². The molecule has 2 rings (SSSR count). The zero-order chi connectivity index (χ0) is 16.5. The van der Waals surface area contributed by atoms with E-state index < -0.39 is 22.1 Å². The molecule has 1 heterocycles. The van der Waals surface area contributed by atoms with Crippen LogP contribution in [-0.2, 0) is 23.2 Å². The van der Waals surface area contributed by atoms with Gasteiger partial charge in [-0.25, -0.2) is 4.39 Å². The van der Waals surface area contributed by atoms with Gasteiger partial charge in [0, 0.05) is 31.2 Å². The predicted octanol–water partition coefficient (Wildman–Crippen LogP) is 2.32. The molecule has 0 fully saturated rings. The van der Waals surface area contributed by atoms with Crippen LogP contribution in [0.5, 0.6) is 0 Å². The second kappa shape index (κ2) is 6.50. The Kier molecular flexibility index (Phi) is 5.07. The lowest BCUT2D eigenvalue weighted by atomic mass is 10.0. The quantitative estimate of drug-likeness (QED) is 0.841. The Labute approximate surface area is 135 Å². The highest BCUT2D eigenvalue weighted by atomic mass is 35.5. The third-order valence-electron chi connectivity index (χ3n) is 3.91. The third-order valence-corrected chi connectivity index (χ3v) is 6.30. The van der Waals surface area contributed by atoms with Gasteiger partial charge in [-0.15, -0.1) is 0 Å². The molecule has 1 atom stereocenters. The fraction of sp³-hybridized carbons (Fsp3) is 0.500. The fourth-order valence-electron chi connectivity index (χ4n) is 2.45. The fourth-order valence-corrected chi connectivity index (χ4v) is 4.29. The van der Waals surface area contributed by atoms with Crippen molar-refractivity contribution in [1.82, 2.24) is 8.61 Å². The van der Waals surface area contributed by atoms with Crippen LogP contribution in [0.1, 0.15) is 24.5 Å². The van der Waals surface area contributed by atoms with Crippen molar-refractivity contribution in [3.8, 4) is 6.07 Å². The number of rotatable bonds is 4. The van der Waals surface area contributed by atoms with Crippen LogP contribution in [-0.4, -0.2) is 36.7 Å². The van der Waals surface area contributed by atoms with Crippen LogP contribution in [0.15, 0.2) is 12.1 Å². The van der Waals surface area contributed by atoms with E-state index in [4.69, 9.17) is 16.9 Å². The molecule has 1 aliphatic rings. The number of halogens is 2. The summed E-state index contributed by atoms with van der Waals surface area (Å²) in [6.07, 6.45) is 0.550. The molecule has 22 heavy (non-hydrogen) atoms. The van der Waals surface area contributed by atoms with Crippen molar-refractivity contribution in [3.63, 3.8) is 0 Å². The summed E-state index contributed by atoms with van der Waals surface area (Å²) in [5, 5.41) is 9.04. The van der Waals surface area contributed by atoms with Gasteiger partial charge in [-0.1, -0.05) is 11.6 Å². The summed E-state index contributed by atoms with van der Waals surface area (Å²) in [5.74, 6) is -0.478. The zero-order valence-electron chi connectivity index (χ0n) is 12.4. The second-order valence-corrected chi connectivity index (χ2v) is 7.74. The molecule has 0 bridgehead atoms. The largest absolute Gasteiger partial charge is 0.282 e. The Balaban J connectivity index is 2.26. The van der Waals surface area contributed by atoms with E-state index in [0.29, 0.717) is 17.0 Å². The Hall–Kier alpha value is -1.20. The Morgan fingerprint density at radius 1 is 1.55 bits per heavy atom. The van der Waals surface area contributed by atoms with Crippen LogP contribution < -0.4 is 0 Å². The minimum Gasteiger partial charge on any atom is -0.207 e. The first kappa shape index (κ1) is 17.2. The van der Waals surface area contributed by atoms with E-state index in [-0.39, 0.29) is 19.5 Å². The van der Waals surface area contributed by atoms with E-state index in [1.54, 1.807) is 6.92 Å². The van der Waals surface area contributed by atoms with Gasteiger partial charge < -0.3 is 0 Å². The van der Waals surface area contributed by atoms with E-state index in [1.165, 1.54) is 27.8 Å². The number of hydrogen-bond donors (Lipinski definition) is 0. The summed E-state index contributed by atoms with van der Waals surface area (Å²) in [4.78, 5) is 0. The smallest absolute Gasteiger partial charge is 0.207 e.